The van der Waals surface area contributed by atoms with Crippen LogP contribution in [0.4, 0.5) is 17.5 Å². The first-order valence-corrected chi connectivity index (χ1v) is 6.27. The van der Waals surface area contributed by atoms with E-state index in [1.165, 1.54) is 6.92 Å². The van der Waals surface area contributed by atoms with E-state index in [1.807, 2.05) is 6.92 Å². The van der Waals surface area contributed by atoms with Crippen molar-refractivity contribution in [3.8, 4) is 0 Å². The molecule has 0 aliphatic carbocycles. The van der Waals surface area contributed by atoms with Crippen molar-refractivity contribution in [3.05, 3.63) is 15.8 Å². The second-order valence-electron chi connectivity index (χ2n) is 3.92. The van der Waals surface area contributed by atoms with E-state index in [0.29, 0.717) is 13.1 Å². The zero-order chi connectivity index (χ0) is 15.1. The highest BCUT2D eigenvalue weighted by Crippen LogP contribution is 2.26. The topological polar surface area (TPSA) is 122 Å². The summed E-state index contributed by atoms with van der Waals surface area (Å²) in [5.74, 6) is 0.0572. The minimum atomic E-state index is -0.564. The fourth-order valence-electron chi connectivity index (χ4n) is 1.57. The molecule has 0 fully saturated rings. The third-order valence-electron chi connectivity index (χ3n) is 2.37. The quantitative estimate of drug-likeness (QED) is 0.496. The average Bonchev–Trinajstić information content (AvgIpc) is 2.36. The molecule has 1 rings (SSSR count). The zero-order valence-corrected chi connectivity index (χ0v) is 11.7. The number of carbonyl (C=O) groups excluding carboxylic acids is 1. The molecule has 0 atom stereocenters. The molecular weight excluding hydrogens is 264 g/mol. The van der Waals surface area contributed by atoms with E-state index in [9.17, 15) is 14.9 Å². The fourth-order valence-corrected chi connectivity index (χ4v) is 1.57. The lowest BCUT2D eigenvalue weighted by atomic mass is 10.3. The Labute approximate surface area is 116 Å². The van der Waals surface area contributed by atoms with Gasteiger partial charge in [-0.15, -0.1) is 0 Å². The zero-order valence-electron chi connectivity index (χ0n) is 11.7. The number of rotatable bonds is 7. The van der Waals surface area contributed by atoms with Gasteiger partial charge in [0.15, 0.2) is 0 Å². The maximum atomic E-state index is 11.4. The van der Waals surface area contributed by atoms with E-state index in [0.717, 1.165) is 0 Å². The van der Waals surface area contributed by atoms with Crippen LogP contribution in [0.2, 0.25) is 0 Å². The van der Waals surface area contributed by atoms with Crippen LogP contribution in [0, 0.1) is 17.0 Å². The Balaban J connectivity index is 3.00. The van der Waals surface area contributed by atoms with Crippen LogP contribution in [0.5, 0.6) is 0 Å². The van der Waals surface area contributed by atoms with Crippen molar-refractivity contribution in [2.75, 3.05) is 30.3 Å². The van der Waals surface area contributed by atoms with Gasteiger partial charge < -0.3 is 16.0 Å². The van der Waals surface area contributed by atoms with Gasteiger partial charge >= 0.3 is 5.69 Å². The van der Waals surface area contributed by atoms with E-state index in [1.54, 1.807) is 6.92 Å². The van der Waals surface area contributed by atoms with Gasteiger partial charge in [-0.1, -0.05) is 0 Å². The molecule has 1 aromatic rings. The Morgan fingerprint density at radius 2 is 1.95 bits per heavy atom. The number of anilines is 2. The number of aryl methyl sites for hydroxylation is 1. The van der Waals surface area contributed by atoms with Gasteiger partial charge in [0.05, 0.1) is 11.5 Å². The largest absolute Gasteiger partial charge is 0.355 e. The summed E-state index contributed by atoms with van der Waals surface area (Å²) in [7, 11) is 0. The van der Waals surface area contributed by atoms with E-state index in [-0.39, 0.29) is 35.6 Å². The van der Waals surface area contributed by atoms with Crippen LogP contribution in [0.25, 0.3) is 0 Å². The molecule has 20 heavy (non-hydrogen) atoms. The maximum absolute atomic E-state index is 11.4. The molecule has 0 aromatic carbocycles. The van der Waals surface area contributed by atoms with E-state index >= 15 is 0 Å². The first-order chi connectivity index (χ1) is 9.49. The molecule has 0 unspecified atom stereocenters. The monoisotopic (exact) mass is 282 g/mol. The van der Waals surface area contributed by atoms with Crippen LogP contribution in [0.3, 0.4) is 0 Å². The molecule has 3 N–H and O–H groups in total. The first-order valence-electron chi connectivity index (χ1n) is 6.27. The highest BCUT2D eigenvalue weighted by Gasteiger charge is 2.22. The molecule has 110 valence electrons. The fraction of sp³-hybridized carbons (Fsp3) is 0.545. The normalized spacial score (nSPS) is 9.95. The summed E-state index contributed by atoms with van der Waals surface area (Å²) in [5, 5.41) is 19.2. The number of carbonyl (C=O) groups is 1. The summed E-state index contributed by atoms with van der Waals surface area (Å²) >= 11 is 0. The third-order valence-corrected chi connectivity index (χ3v) is 2.37. The van der Waals surface area contributed by atoms with Crippen LogP contribution in [0.1, 0.15) is 19.5 Å². The van der Waals surface area contributed by atoms with Gasteiger partial charge in [0.1, 0.15) is 5.69 Å². The number of likely N-dealkylation sites (N-methyl/N-ethyl adjacent to an activating group) is 1. The predicted molar refractivity (Wildman–Crippen MR) is 74.8 cm³/mol. The Morgan fingerprint density at radius 3 is 2.50 bits per heavy atom. The predicted octanol–water partition coefficient (Wildman–Crippen LogP) is 0.673. The highest BCUT2D eigenvalue weighted by molar-refractivity contribution is 5.81. The van der Waals surface area contributed by atoms with Crippen molar-refractivity contribution in [3.63, 3.8) is 0 Å². The molecule has 0 aliphatic rings. The molecule has 0 saturated heterocycles. The Kier molecular flexibility index (Phi) is 5.63. The smallest absolute Gasteiger partial charge is 0.332 e. The number of aromatic nitrogens is 2. The summed E-state index contributed by atoms with van der Waals surface area (Å²) in [6.07, 6.45) is 0. The summed E-state index contributed by atoms with van der Waals surface area (Å²) in [6.45, 7) is 6.18. The van der Waals surface area contributed by atoms with Crippen LogP contribution in [-0.4, -0.2) is 40.4 Å². The van der Waals surface area contributed by atoms with E-state index in [4.69, 9.17) is 0 Å². The van der Waals surface area contributed by atoms with E-state index in [2.05, 4.69) is 25.9 Å². The number of hydrogen-bond donors (Lipinski definition) is 3. The molecule has 0 radical (unpaired) electrons. The molecule has 0 aliphatic heterocycles. The van der Waals surface area contributed by atoms with Crippen molar-refractivity contribution < 1.29 is 9.72 Å². The van der Waals surface area contributed by atoms with Gasteiger partial charge in [-0.2, -0.15) is 4.98 Å². The van der Waals surface area contributed by atoms with Crippen molar-refractivity contribution >= 4 is 23.4 Å². The number of nitrogens with zero attached hydrogens (tertiary/aromatic N) is 3. The van der Waals surface area contributed by atoms with Crippen molar-refractivity contribution in [1.82, 2.24) is 15.3 Å². The van der Waals surface area contributed by atoms with Gasteiger partial charge in [0, 0.05) is 13.1 Å². The Morgan fingerprint density at radius 1 is 1.25 bits per heavy atom. The average molecular weight is 282 g/mol. The van der Waals surface area contributed by atoms with Gasteiger partial charge in [-0.3, -0.25) is 14.9 Å². The minimum Gasteiger partial charge on any atom is -0.355 e. The van der Waals surface area contributed by atoms with Crippen LogP contribution >= 0.6 is 0 Å². The van der Waals surface area contributed by atoms with Crippen LogP contribution < -0.4 is 16.0 Å². The summed E-state index contributed by atoms with van der Waals surface area (Å²) in [4.78, 5) is 29.9. The Hall–Kier alpha value is -2.45. The molecule has 0 bridgehead atoms. The van der Waals surface area contributed by atoms with Gasteiger partial charge in [-0.25, -0.2) is 4.98 Å². The second-order valence-corrected chi connectivity index (χ2v) is 3.92. The number of nitrogens with one attached hydrogen (secondary N) is 3. The van der Waals surface area contributed by atoms with Crippen LogP contribution in [-0.2, 0) is 4.79 Å². The second kappa shape index (κ2) is 7.22. The lowest BCUT2D eigenvalue weighted by Crippen LogP contribution is -2.30. The standard InChI is InChI=1S/C11H18N6O3/c1-4-12-8(18)6-14-10-9(17(19)20)7(3)15-11(16-10)13-5-2/h4-6H2,1-3H3,(H,12,18)(H2,13,14,15,16). The van der Waals surface area contributed by atoms with Gasteiger partial charge in [0.25, 0.3) is 0 Å². The molecule has 1 aromatic heterocycles. The van der Waals surface area contributed by atoms with Crippen molar-refractivity contribution in [2.45, 2.75) is 20.8 Å². The number of hydrogen-bond acceptors (Lipinski definition) is 7. The maximum Gasteiger partial charge on any atom is 0.332 e. The molecule has 0 spiro atoms. The van der Waals surface area contributed by atoms with Crippen molar-refractivity contribution in [1.29, 1.82) is 0 Å². The van der Waals surface area contributed by atoms with Gasteiger partial charge in [-0.05, 0) is 20.8 Å². The highest BCUT2D eigenvalue weighted by atomic mass is 16.6. The van der Waals surface area contributed by atoms with Crippen LogP contribution in [0.15, 0.2) is 0 Å². The van der Waals surface area contributed by atoms with E-state index < -0.39 is 4.92 Å². The first kappa shape index (κ1) is 15.6. The molecule has 0 saturated carbocycles. The lowest BCUT2D eigenvalue weighted by molar-refractivity contribution is -0.385. The molecular formula is C11H18N6O3. The summed E-state index contributed by atoms with van der Waals surface area (Å²) in [5.41, 5.74) is 0.00954. The Bertz CT molecular complexity index is 505. The SMILES string of the molecule is CCNC(=O)CNc1nc(NCC)nc(C)c1[N+](=O)[O-]. The summed E-state index contributed by atoms with van der Waals surface area (Å²) < 4.78 is 0. The third kappa shape index (κ3) is 4.04. The molecule has 9 nitrogen and oxygen atoms in total. The molecule has 1 heterocycles. The summed E-state index contributed by atoms with van der Waals surface area (Å²) in [6, 6.07) is 0. The van der Waals surface area contributed by atoms with Gasteiger partial charge in [0.2, 0.25) is 17.7 Å². The minimum absolute atomic E-state index is 0.0321. The number of nitro groups is 1. The molecule has 9 heteroatoms. The lowest BCUT2D eigenvalue weighted by Gasteiger charge is -2.09. The van der Waals surface area contributed by atoms with Crippen molar-refractivity contribution in [2.24, 2.45) is 0 Å². The molecule has 1 amide bonds. The number of amides is 1.